The first-order valence-electron chi connectivity index (χ1n) is 11.6. The summed E-state index contributed by atoms with van der Waals surface area (Å²) in [7, 11) is 0. The molecule has 1 aliphatic carbocycles. The van der Waals surface area contributed by atoms with Crippen molar-refractivity contribution in [1.29, 1.82) is 0 Å². The Morgan fingerprint density at radius 3 is 2.55 bits per heavy atom. The van der Waals surface area contributed by atoms with Gasteiger partial charge in [0, 0.05) is 19.6 Å². The standard InChI is InChI=1S/C29H29NO3/c1-20-25(16-30-17-26(18-30)29(31)32)11-10-24-15-27(12-13-28(20)24)33-19-21-6-5-9-23(14-21)22-7-3-2-4-8-22/h2-9,12-15,26H,10-11,16-19H2,1H3,(H,31,32). The molecule has 4 heteroatoms. The van der Waals surface area contributed by atoms with Gasteiger partial charge < -0.3 is 9.84 Å². The summed E-state index contributed by atoms with van der Waals surface area (Å²) in [5, 5.41) is 9.10. The van der Waals surface area contributed by atoms with Gasteiger partial charge in [-0.2, -0.15) is 0 Å². The lowest BCUT2D eigenvalue weighted by Crippen LogP contribution is -2.50. The summed E-state index contributed by atoms with van der Waals surface area (Å²) in [5.41, 5.74) is 8.95. The third kappa shape index (κ3) is 4.71. The Morgan fingerprint density at radius 2 is 1.76 bits per heavy atom. The maximum absolute atomic E-state index is 11.1. The minimum atomic E-state index is -0.676. The second-order valence-electron chi connectivity index (χ2n) is 9.13. The molecule has 3 aromatic rings. The molecule has 4 nitrogen and oxygen atoms in total. The molecule has 1 aliphatic heterocycles. The lowest BCUT2D eigenvalue weighted by atomic mass is 9.85. The molecule has 0 radical (unpaired) electrons. The Bertz CT molecular complexity index is 1190. The van der Waals surface area contributed by atoms with Crippen LogP contribution in [0.5, 0.6) is 5.75 Å². The van der Waals surface area contributed by atoms with E-state index >= 15 is 0 Å². The lowest BCUT2D eigenvalue weighted by molar-refractivity contribution is -0.147. The van der Waals surface area contributed by atoms with Crippen LogP contribution < -0.4 is 4.74 Å². The number of hydrogen-bond donors (Lipinski definition) is 1. The predicted molar refractivity (Wildman–Crippen MR) is 131 cm³/mol. The molecule has 168 valence electrons. The molecule has 0 saturated carbocycles. The van der Waals surface area contributed by atoms with Crippen LogP contribution in [-0.4, -0.2) is 35.6 Å². The molecule has 0 amide bonds. The van der Waals surface area contributed by atoms with Crippen LogP contribution in [0.1, 0.15) is 30.0 Å². The number of allylic oxidation sites excluding steroid dienone is 1. The van der Waals surface area contributed by atoms with Crippen molar-refractivity contribution in [2.24, 2.45) is 5.92 Å². The third-order valence-electron chi connectivity index (χ3n) is 6.87. The summed E-state index contributed by atoms with van der Waals surface area (Å²) in [6.07, 6.45) is 2.02. The van der Waals surface area contributed by atoms with Crippen molar-refractivity contribution >= 4 is 11.5 Å². The Hall–Kier alpha value is -3.37. The fourth-order valence-electron chi connectivity index (χ4n) is 4.86. The smallest absolute Gasteiger partial charge is 0.309 e. The first-order chi connectivity index (χ1) is 16.1. The normalized spacial score (nSPS) is 16.3. The Kier molecular flexibility index (Phi) is 6.01. The average Bonchev–Trinajstić information content (AvgIpc) is 2.81. The van der Waals surface area contributed by atoms with Crippen LogP contribution in [-0.2, 0) is 17.8 Å². The molecule has 2 aliphatic rings. The molecule has 1 heterocycles. The van der Waals surface area contributed by atoms with E-state index in [2.05, 4.69) is 78.6 Å². The molecule has 1 saturated heterocycles. The first-order valence-corrected chi connectivity index (χ1v) is 11.6. The van der Waals surface area contributed by atoms with Crippen LogP contribution in [0, 0.1) is 5.92 Å². The summed E-state index contributed by atoms with van der Waals surface area (Å²) in [6, 6.07) is 25.3. The van der Waals surface area contributed by atoms with E-state index in [1.165, 1.54) is 33.4 Å². The SMILES string of the molecule is CC1=C(CN2CC(C(=O)O)C2)CCc2cc(OCc3cccc(-c4ccccc4)c3)ccc21. The van der Waals surface area contributed by atoms with Gasteiger partial charge in [-0.15, -0.1) is 0 Å². The van der Waals surface area contributed by atoms with Crippen LogP contribution >= 0.6 is 0 Å². The summed E-state index contributed by atoms with van der Waals surface area (Å²) < 4.78 is 6.16. The van der Waals surface area contributed by atoms with Gasteiger partial charge in [-0.3, -0.25) is 9.69 Å². The van der Waals surface area contributed by atoms with Crippen molar-refractivity contribution in [2.75, 3.05) is 19.6 Å². The zero-order valence-electron chi connectivity index (χ0n) is 19.0. The van der Waals surface area contributed by atoms with Gasteiger partial charge in [0.05, 0.1) is 5.92 Å². The number of aryl methyl sites for hydroxylation is 1. The van der Waals surface area contributed by atoms with Crippen LogP contribution in [0.4, 0.5) is 0 Å². The fraction of sp³-hybridized carbons (Fsp3) is 0.276. The molecule has 5 rings (SSSR count). The van der Waals surface area contributed by atoms with Crippen molar-refractivity contribution in [3.05, 3.63) is 95.1 Å². The number of carboxylic acids is 1. The number of benzene rings is 3. The quantitative estimate of drug-likeness (QED) is 0.515. The number of ether oxygens (including phenoxy) is 1. The highest BCUT2D eigenvalue weighted by molar-refractivity contribution is 5.73. The largest absolute Gasteiger partial charge is 0.489 e. The van der Waals surface area contributed by atoms with Crippen LogP contribution in [0.25, 0.3) is 16.7 Å². The van der Waals surface area contributed by atoms with Crippen LogP contribution in [0.3, 0.4) is 0 Å². The van der Waals surface area contributed by atoms with Gasteiger partial charge in [0.2, 0.25) is 0 Å². The number of fused-ring (bicyclic) bond motifs is 1. The van der Waals surface area contributed by atoms with Crippen LogP contribution in [0.15, 0.2) is 78.4 Å². The van der Waals surface area contributed by atoms with Crippen molar-refractivity contribution in [1.82, 2.24) is 4.90 Å². The van der Waals surface area contributed by atoms with Gasteiger partial charge >= 0.3 is 5.97 Å². The monoisotopic (exact) mass is 439 g/mol. The zero-order valence-corrected chi connectivity index (χ0v) is 19.0. The average molecular weight is 440 g/mol. The summed E-state index contributed by atoms with van der Waals surface area (Å²) in [4.78, 5) is 13.3. The maximum Gasteiger partial charge on any atom is 0.309 e. The Morgan fingerprint density at radius 1 is 0.970 bits per heavy atom. The Labute approximate surface area is 195 Å². The van der Waals surface area contributed by atoms with Crippen molar-refractivity contribution in [2.45, 2.75) is 26.4 Å². The molecule has 0 spiro atoms. The van der Waals surface area contributed by atoms with Gasteiger partial charge in [0.1, 0.15) is 12.4 Å². The van der Waals surface area contributed by atoms with E-state index in [4.69, 9.17) is 9.84 Å². The number of nitrogens with zero attached hydrogens (tertiary/aromatic N) is 1. The zero-order chi connectivity index (χ0) is 22.8. The van der Waals surface area contributed by atoms with Gasteiger partial charge in [-0.25, -0.2) is 0 Å². The number of hydrogen-bond acceptors (Lipinski definition) is 3. The van der Waals surface area contributed by atoms with E-state index in [0.717, 1.165) is 30.7 Å². The van der Waals surface area contributed by atoms with E-state index in [1.54, 1.807) is 0 Å². The van der Waals surface area contributed by atoms with Gasteiger partial charge in [-0.05, 0) is 71.4 Å². The topological polar surface area (TPSA) is 49.8 Å². The van der Waals surface area contributed by atoms with E-state index < -0.39 is 5.97 Å². The minimum Gasteiger partial charge on any atom is -0.489 e. The lowest BCUT2D eigenvalue weighted by Gasteiger charge is -2.38. The number of carboxylic acid groups (broad SMARTS) is 1. The first kappa shape index (κ1) is 21.5. The van der Waals surface area contributed by atoms with E-state index in [-0.39, 0.29) is 5.92 Å². The number of rotatable bonds is 7. The highest BCUT2D eigenvalue weighted by Crippen LogP contribution is 2.34. The second-order valence-corrected chi connectivity index (χ2v) is 9.13. The van der Waals surface area contributed by atoms with E-state index in [0.29, 0.717) is 19.7 Å². The molecule has 0 aromatic heterocycles. The van der Waals surface area contributed by atoms with E-state index in [1.807, 2.05) is 6.07 Å². The summed E-state index contributed by atoms with van der Waals surface area (Å²) in [6.45, 7) is 4.94. The number of carbonyl (C=O) groups is 1. The molecule has 1 fully saturated rings. The molecular weight excluding hydrogens is 410 g/mol. The van der Waals surface area contributed by atoms with Gasteiger partial charge in [0.15, 0.2) is 0 Å². The highest BCUT2D eigenvalue weighted by atomic mass is 16.5. The van der Waals surface area contributed by atoms with Crippen LogP contribution in [0.2, 0.25) is 0 Å². The molecular formula is C29H29NO3. The van der Waals surface area contributed by atoms with Crippen molar-refractivity contribution in [3.8, 4) is 16.9 Å². The predicted octanol–water partition coefficient (Wildman–Crippen LogP) is 5.67. The molecule has 0 atom stereocenters. The summed E-state index contributed by atoms with van der Waals surface area (Å²) >= 11 is 0. The van der Waals surface area contributed by atoms with Crippen molar-refractivity contribution in [3.63, 3.8) is 0 Å². The Balaban J connectivity index is 1.24. The molecule has 33 heavy (non-hydrogen) atoms. The van der Waals surface area contributed by atoms with Crippen molar-refractivity contribution < 1.29 is 14.6 Å². The number of aliphatic carboxylic acids is 1. The minimum absolute atomic E-state index is 0.199. The van der Waals surface area contributed by atoms with E-state index in [9.17, 15) is 4.79 Å². The highest BCUT2D eigenvalue weighted by Gasteiger charge is 2.33. The number of likely N-dealkylation sites (tertiary alicyclic amines) is 1. The van der Waals surface area contributed by atoms with Gasteiger partial charge in [-0.1, -0.05) is 60.2 Å². The maximum atomic E-state index is 11.1. The third-order valence-corrected chi connectivity index (χ3v) is 6.87. The molecule has 3 aromatic carbocycles. The summed E-state index contributed by atoms with van der Waals surface area (Å²) in [5.74, 6) is 0.0299. The fourth-order valence-corrected chi connectivity index (χ4v) is 4.86. The molecule has 1 N–H and O–H groups in total. The van der Waals surface area contributed by atoms with Gasteiger partial charge in [0.25, 0.3) is 0 Å². The second kappa shape index (κ2) is 9.24. The molecule has 0 bridgehead atoms. The molecule has 0 unspecified atom stereocenters.